The van der Waals surface area contributed by atoms with Gasteiger partial charge in [0, 0.05) is 0 Å². The van der Waals surface area contributed by atoms with Crippen molar-refractivity contribution in [1.82, 2.24) is 0 Å². The molecule has 1 heterocycles. The molecule has 1 aliphatic heterocycles. The van der Waals surface area contributed by atoms with Crippen molar-refractivity contribution >= 4 is 11.9 Å². The summed E-state index contributed by atoms with van der Waals surface area (Å²) in [6, 6.07) is 6.69. The predicted molar refractivity (Wildman–Crippen MR) is 95.1 cm³/mol. The van der Waals surface area contributed by atoms with Gasteiger partial charge in [-0.05, 0) is 24.0 Å². The van der Waals surface area contributed by atoms with E-state index in [2.05, 4.69) is 0 Å². The largest absolute Gasteiger partial charge is 0.479 e. The molecule has 1 aromatic rings. The lowest BCUT2D eigenvalue weighted by molar-refractivity contribution is -0.286. The van der Waals surface area contributed by atoms with E-state index in [0.717, 1.165) is 0 Å². The second kappa shape index (κ2) is 8.97. The molecule has 2 rings (SSSR count). The Morgan fingerprint density at radius 3 is 2.00 bits per heavy atom. The molecule has 156 valence electrons. The number of esters is 1. The molecule has 5 N–H and O–H groups in total. The summed E-state index contributed by atoms with van der Waals surface area (Å²) in [5.74, 6) is -3.13. The van der Waals surface area contributed by atoms with Crippen molar-refractivity contribution in [3.63, 3.8) is 0 Å². The molecule has 0 aliphatic carbocycles. The fourth-order valence-corrected chi connectivity index (χ4v) is 2.87. The van der Waals surface area contributed by atoms with E-state index in [4.69, 9.17) is 14.6 Å². The third kappa shape index (κ3) is 4.68. The molecule has 7 atom stereocenters. The molecule has 1 saturated heterocycles. The number of carbonyl (C=O) groups is 2. The summed E-state index contributed by atoms with van der Waals surface area (Å²) in [6.07, 6.45) is -9.73. The smallest absolute Gasteiger partial charge is 0.335 e. The number of ether oxygens (including phenoxy) is 2. The minimum absolute atomic E-state index is 0.0298. The second-order valence-electron chi connectivity index (χ2n) is 7.25. The fourth-order valence-electron chi connectivity index (χ4n) is 2.87. The molecule has 0 amide bonds. The van der Waals surface area contributed by atoms with Gasteiger partial charge in [-0.2, -0.15) is 0 Å². The highest BCUT2D eigenvalue weighted by Crippen LogP contribution is 2.27. The van der Waals surface area contributed by atoms with Crippen LogP contribution in [0, 0.1) is 5.92 Å². The first kappa shape index (κ1) is 22.3. The Hall–Kier alpha value is -2.04. The molecule has 0 saturated carbocycles. The standard InChI is InChI=1S/C19H26O9/c1-8(2)12(20)11-6-4-10(5-7-11)9(3)18(26)28-19-15(23)13(21)14(22)16(27-19)17(24)25/h4-9,12-16,19-23H,1-3H3,(H,24,25)/t9?,12?,13-,14-,15+,16-,19-/m0/s1. The van der Waals surface area contributed by atoms with Crippen LogP contribution in [0.5, 0.6) is 0 Å². The summed E-state index contributed by atoms with van der Waals surface area (Å²) in [5.41, 5.74) is 1.28. The van der Waals surface area contributed by atoms with Crippen LogP contribution in [-0.2, 0) is 19.1 Å². The van der Waals surface area contributed by atoms with Crippen molar-refractivity contribution in [3.8, 4) is 0 Å². The summed E-state index contributed by atoms with van der Waals surface area (Å²) in [5, 5.41) is 48.4. The number of carbonyl (C=O) groups excluding carboxylic acids is 1. The lowest BCUT2D eigenvalue weighted by atomic mass is 9.95. The molecule has 2 unspecified atom stereocenters. The lowest BCUT2D eigenvalue weighted by Crippen LogP contribution is -2.60. The van der Waals surface area contributed by atoms with Gasteiger partial charge in [0.15, 0.2) is 6.10 Å². The Labute approximate surface area is 162 Å². The Morgan fingerprint density at radius 1 is 0.964 bits per heavy atom. The highest BCUT2D eigenvalue weighted by Gasteiger charge is 2.48. The number of hydrogen-bond acceptors (Lipinski definition) is 8. The quantitative estimate of drug-likeness (QED) is 0.414. The van der Waals surface area contributed by atoms with Gasteiger partial charge in [0.2, 0.25) is 6.29 Å². The van der Waals surface area contributed by atoms with E-state index >= 15 is 0 Å². The fraction of sp³-hybridized carbons (Fsp3) is 0.579. The molecule has 1 fully saturated rings. The van der Waals surface area contributed by atoms with E-state index in [-0.39, 0.29) is 5.92 Å². The summed E-state index contributed by atoms with van der Waals surface area (Å²) >= 11 is 0. The number of aliphatic hydroxyl groups is 4. The maximum Gasteiger partial charge on any atom is 0.335 e. The summed E-state index contributed by atoms with van der Waals surface area (Å²) < 4.78 is 9.98. The molecule has 0 spiro atoms. The van der Waals surface area contributed by atoms with Crippen molar-refractivity contribution in [2.45, 2.75) is 63.5 Å². The number of carboxylic acids is 1. The number of aliphatic carboxylic acids is 1. The van der Waals surface area contributed by atoms with Gasteiger partial charge in [-0.25, -0.2) is 4.79 Å². The Balaban J connectivity index is 2.08. The topological polar surface area (TPSA) is 154 Å². The average molecular weight is 398 g/mol. The highest BCUT2D eigenvalue weighted by molar-refractivity contribution is 5.78. The average Bonchev–Trinajstić information content (AvgIpc) is 2.66. The van der Waals surface area contributed by atoms with Gasteiger partial charge >= 0.3 is 11.9 Å². The molecular weight excluding hydrogens is 372 g/mol. The summed E-state index contributed by atoms with van der Waals surface area (Å²) in [7, 11) is 0. The van der Waals surface area contributed by atoms with Crippen molar-refractivity contribution in [1.29, 1.82) is 0 Å². The number of hydrogen-bond donors (Lipinski definition) is 5. The third-order valence-electron chi connectivity index (χ3n) is 4.81. The van der Waals surface area contributed by atoms with Crippen molar-refractivity contribution < 1.29 is 44.6 Å². The summed E-state index contributed by atoms with van der Waals surface area (Å²) in [6.45, 7) is 5.30. The predicted octanol–water partition coefficient (Wildman–Crippen LogP) is -0.0851. The zero-order valence-electron chi connectivity index (χ0n) is 15.8. The lowest BCUT2D eigenvalue weighted by Gasteiger charge is -2.38. The molecule has 0 radical (unpaired) electrons. The van der Waals surface area contributed by atoms with Gasteiger partial charge in [-0.1, -0.05) is 38.1 Å². The van der Waals surface area contributed by atoms with Crippen LogP contribution in [0.1, 0.15) is 43.9 Å². The van der Waals surface area contributed by atoms with E-state index in [0.29, 0.717) is 11.1 Å². The Kier molecular flexibility index (Phi) is 7.13. The van der Waals surface area contributed by atoms with E-state index < -0.39 is 54.7 Å². The Morgan fingerprint density at radius 2 is 1.50 bits per heavy atom. The van der Waals surface area contributed by atoms with Crippen LogP contribution in [0.15, 0.2) is 24.3 Å². The normalized spacial score (nSPS) is 29.9. The first-order valence-electron chi connectivity index (χ1n) is 8.95. The van der Waals surface area contributed by atoms with Gasteiger partial charge in [-0.3, -0.25) is 4.79 Å². The molecule has 1 aromatic carbocycles. The van der Waals surface area contributed by atoms with Gasteiger partial charge in [0.1, 0.15) is 18.3 Å². The Bertz CT molecular complexity index is 687. The van der Waals surface area contributed by atoms with Crippen LogP contribution in [0.4, 0.5) is 0 Å². The summed E-state index contributed by atoms with van der Waals surface area (Å²) in [4.78, 5) is 23.5. The van der Waals surface area contributed by atoms with E-state index in [1.165, 1.54) is 0 Å². The minimum atomic E-state index is -1.86. The highest BCUT2D eigenvalue weighted by atomic mass is 16.7. The van der Waals surface area contributed by atoms with Crippen LogP contribution in [0.2, 0.25) is 0 Å². The zero-order valence-corrected chi connectivity index (χ0v) is 15.8. The van der Waals surface area contributed by atoms with E-state index in [9.17, 15) is 30.0 Å². The van der Waals surface area contributed by atoms with Gasteiger partial charge in [0.25, 0.3) is 0 Å². The molecule has 28 heavy (non-hydrogen) atoms. The van der Waals surface area contributed by atoms with E-state index in [1.54, 1.807) is 31.2 Å². The molecular formula is C19H26O9. The number of rotatable bonds is 6. The number of aliphatic hydroxyl groups excluding tert-OH is 4. The first-order valence-corrected chi connectivity index (χ1v) is 8.95. The van der Waals surface area contributed by atoms with Gasteiger partial charge in [0.05, 0.1) is 12.0 Å². The van der Waals surface area contributed by atoms with Crippen LogP contribution in [0.25, 0.3) is 0 Å². The van der Waals surface area contributed by atoms with Crippen molar-refractivity contribution in [3.05, 3.63) is 35.4 Å². The van der Waals surface area contributed by atoms with Gasteiger partial charge in [-0.15, -0.1) is 0 Å². The van der Waals surface area contributed by atoms with Crippen LogP contribution >= 0.6 is 0 Å². The maximum absolute atomic E-state index is 12.4. The van der Waals surface area contributed by atoms with Crippen LogP contribution in [0.3, 0.4) is 0 Å². The molecule has 0 aromatic heterocycles. The molecule has 1 aliphatic rings. The third-order valence-corrected chi connectivity index (χ3v) is 4.81. The van der Waals surface area contributed by atoms with Crippen molar-refractivity contribution in [2.75, 3.05) is 0 Å². The maximum atomic E-state index is 12.4. The minimum Gasteiger partial charge on any atom is -0.479 e. The monoisotopic (exact) mass is 398 g/mol. The zero-order chi connectivity index (χ0) is 21.2. The number of benzene rings is 1. The molecule has 9 nitrogen and oxygen atoms in total. The van der Waals surface area contributed by atoms with Crippen LogP contribution < -0.4 is 0 Å². The SMILES string of the molecule is CC(C(=O)O[C@@H]1O[C@H](C(=O)O)[C@@H](O)[C@H](O)[C@H]1O)c1ccc(C(O)C(C)C)cc1. The number of carboxylic acid groups (broad SMARTS) is 1. The van der Waals surface area contributed by atoms with Gasteiger partial charge < -0.3 is 35.0 Å². The first-order chi connectivity index (χ1) is 13.0. The van der Waals surface area contributed by atoms with E-state index in [1.807, 2.05) is 13.8 Å². The van der Waals surface area contributed by atoms with Crippen molar-refractivity contribution in [2.24, 2.45) is 5.92 Å². The molecule has 0 bridgehead atoms. The molecule has 9 heteroatoms. The van der Waals surface area contributed by atoms with Crippen LogP contribution in [-0.4, -0.2) is 68.2 Å². The second-order valence-corrected chi connectivity index (χ2v) is 7.25.